The number of hydrogen-bond acceptors (Lipinski definition) is 3. The molecule has 130 valence electrons. The minimum absolute atomic E-state index is 0.0722. The molecule has 2 fully saturated rings. The van der Waals surface area contributed by atoms with E-state index in [2.05, 4.69) is 4.90 Å². The van der Waals surface area contributed by atoms with Crippen molar-refractivity contribution in [2.24, 2.45) is 0 Å². The number of hydrogen-bond donors (Lipinski definition) is 0. The van der Waals surface area contributed by atoms with E-state index in [1.807, 2.05) is 4.90 Å². The highest BCUT2D eigenvalue weighted by molar-refractivity contribution is 5.94. The summed E-state index contributed by atoms with van der Waals surface area (Å²) in [6.45, 7) is 4.80. The van der Waals surface area contributed by atoms with Crippen LogP contribution in [-0.4, -0.2) is 72.3 Å². The molecule has 0 atom stereocenters. The van der Waals surface area contributed by atoms with Crippen LogP contribution in [0.25, 0.3) is 0 Å². The van der Waals surface area contributed by atoms with Gasteiger partial charge in [-0.15, -0.1) is 0 Å². The summed E-state index contributed by atoms with van der Waals surface area (Å²) in [5.41, 5.74) is 0.509. The van der Waals surface area contributed by atoms with Crippen molar-refractivity contribution >= 4 is 11.8 Å². The van der Waals surface area contributed by atoms with Crippen molar-refractivity contribution in [2.75, 3.05) is 45.8 Å². The number of carbonyl (C=O) groups is 2. The molecule has 0 unspecified atom stereocenters. The molecule has 24 heavy (non-hydrogen) atoms. The van der Waals surface area contributed by atoms with Crippen LogP contribution >= 0.6 is 0 Å². The smallest absolute Gasteiger partial charge is 0.253 e. The zero-order valence-electron chi connectivity index (χ0n) is 13.9. The Morgan fingerprint density at radius 3 is 2.08 bits per heavy atom. The third kappa shape index (κ3) is 4.12. The van der Waals surface area contributed by atoms with Crippen molar-refractivity contribution in [3.63, 3.8) is 0 Å². The molecule has 0 radical (unpaired) electrons. The van der Waals surface area contributed by atoms with Gasteiger partial charge in [-0.25, -0.2) is 4.39 Å². The Kier molecular flexibility index (Phi) is 5.45. The molecule has 2 heterocycles. The standard InChI is InChI=1S/C18H24FN3O2/c19-16-6-4-15(5-7-16)18(24)22-12-10-20(11-13-22)14-17(23)21-8-2-1-3-9-21/h4-7H,1-3,8-14H2. The fraction of sp³-hybridized carbons (Fsp3) is 0.556. The first-order chi connectivity index (χ1) is 11.6. The second-order valence-corrected chi connectivity index (χ2v) is 6.52. The first kappa shape index (κ1) is 16.9. The number of rotatable bonds is 3. The monoisotopic (exact) mass is 333 g/mol. The van der Waals surface area contributed by atoms with E-state index in [9.17, 15) is 14.0 Å². The number of nitrogens with zero attached hydrogens (tertiary/aromatic N) is 3. The average Bonchev–Trinajstić information content (AvgIpc) is 2.63. The van der Waals surface area contributed by atoms with Crippen LogP contribution < -0.4 is 0 Å². The molecule has 0 spiro atoms. The highest BCUT2D eigenvalue weighted by Gasteiger charge is 2.25. The van der Waals surface area contributed by atoms with Gasteiger partial charge < -0.3 is 9.80 Å². The van der Waals surface area contributed by atoms with Gasteiger partial charge in [-0.2, -0.15) is 0 Å². The van der Waals surface area contributed by atoms with Gasteiger partial charge >= 0.3 is 0 Å². The lowest BCUT2D eigenvalue weighted by atomic mass is 10.1. The zero-order valence-corrected chi connectivity index (χ0v) is 13.9. The van der Waals surface area contributed by atoms with E-state index >= 15 is 0 Å². The van der Waals surface area contributed by atoms with Crippen LogP contribution in [0.15, 0.2) is 24.3 Å². The molecule has 1 aromatic carbocycles. The van der Waals surface area contributed by atoms with Crippen molar-refractivity contribution in [3.8, 4) is 0 Å². The van der Waals surface area contributed by atoms with E-state index < -0.39 is 0 Å². The number of piperazine rings is 1. The average molecular weight is 333 g/mol. The molecule has 6 heteroatoms. The van der Waals surface area contributed by atoms with E-state index in [1.54, 1.807) is 4.90 Å². The van der Waals surface area contributed by atoms with Crippen molar-refractivity contribution in [1.29, 1.82) is 0 Å². The molecule has 2 saturated heterocycles. The van der Waals surface area contributed by atoms with Gasteiger partial charge in [0.1, 0.15) is 5.82 Å². The van der Waals surface area contributed by atoms with E-state index in [-0.39, 0.29) is 17.6 Å². The summed E-state index contributed by atoms with van der Waals surface area (Å²) >= 11 is 0. The number of amides is 2. The molecule has 5 nitrogen and oxygen atoms in total. The molecule has 0 bridgehead atoms. The number of carbonyl (C=O) groups excluding carboxylic acids is 2. The van der Waals surface area contributed by atoms with Gasteiger partial charge in [-0.05, 0) is 43.5 Å². The van der Waals surface area contributed by atoms with Crippen LogP contribution in [0.3, 0.4) is 0 Å². The van der Waals surface area contributed by atoms with Crippen molar-refractivity contribution in [3.05, 3.63) is 35.6 Å². The molecule has 3 rings (SSSR count). The summed E-state index contributed by atoms with van der Waals surface area (Å²) in [6.07, 6.45) is 3.42. The fourth-order valence-corrected chi connectivity index (χ4v) is 3.32. The summed E-state index contributed by atoms with van der Waals surface area (Å²) in [7, 11) is 0. The van der Waals surface area contributed by atoms with Gasteiger partial charge in [0.05, 0.1) is 6.54 Å². The SMILES string of the molecule is O=C(CN1CCN(C(=O)c2ccc(F)cc2)CC1)N1CCCCC1. The molecule has 0 N–H and O–H groups in total. The van der Waals surface area contributed by atoms with Gasteiger partial charge in [0.15, 0.2) is 0 Å². The van der Waals surface area contributed by atoms with Gasteiger partial charge in [0.25, 0.3) is 5.91 Å². The fourth-order valence-electron chi connectivity index (χ4n) is 3.32. The Bertz CT molecular complexity index is 576. The van der Waals surface area contributed by atoms with E-state index in [4.69, 9.17) is 0 Å². The Hall–Kier alpha value is -1.95. The number of piperidine rings is 1. The van der Waals surface area contributed by atoms with Crippen molar-refractivity contribution in [1.82, 2.24) is 14.7 Å². The molecule has 0 aromatic heterocycles. The molecule has 2 amide bonds. The summed E-state index contributed by atoms with van der Waals surface area (Å²) in [5, 5.41) is 0. The minimum atomic E-state index is -0.340. The first-order valence-electron chi connectivity index (χ1n) is 8.68. The maximum absolute atomic E-state index is 13.0. The molecule has 0 saturated carbocycles. The molecular weight excluding hydrogens is 309 g/mol. The highest BCUT2D eigenvalue weighted by Crippen LogP contribution is 2.12. The lowest BCUT2D eigenvalue weighted by Crippen LogP contribution is -2.52. The number of benzene rings is 1. The van der Waals surface area contributed by atoms with Gasteiger partial charge in [0, 0.05) is 44.8 Å². The highest BCUT2D eigenvalue weighted by atomic mass is 19.1. The molecule has 0 aliphatic carbocycles. The maximum Gasteiger partial charge on any atom is 0.253 e. The van der Waals surface area contributed by atoms with E-state index in [0.717, 1.165) is 25.9 Å². The predicted molar refractivity (Wildman–Crippen MR) is 89.2 cm³/mol. The van der Waals surface area contributed by atoms with E-state index in [0.29, 0.717) is 38.3 Å². The van der Waals surface area contributed by atoms with Crippen LogP contribution in [0.2, 0.25) is 0 Å². The second-order valence-electron chi connectivity index (χ2n) is 6.52. The third-order valence-electron chi connectivity index (χ3n) is 4.82. The number of likely N-dealkylation sites (tertiary alicyclic amines) is 1. The largest absolute Gasteiger partial charge is 0.342 e. The maximum atomic E-state index is 13.0. The quantitative estimate of drug-likeness (QED) is 0.844. The Morgan fingerprint density at radius 2 is 1.46 bits per heavy atom. The van der Waals surface area contributed by atoms with Gasteiger partial charge in [0.2, 0.25) is 5.91 Å². The number of halogens is 1. The summed E-state index contributed by atoms with van der Waals surface area (Å²) in [5.74, 6) is -0.211. The lowest BCUT2D eigenvalue weighted by molar-refractivity contribution is -0.133. The van der Waals surface area contributed by atoms with Crippen LogP contribution in [0.5, 0.6) is 0 Å². The third-order valence-corrected chi connectivity index (χ3v) is 4.82. The van der Waals surface area contributed by atoms with E-state index in [1.165, 1.54) is 30.7 Å². The molecule has 2 aliphatic heterocycles. The first-order valence-corrected chi connectivity index (χ1v) is 8.68. The van der Waals surface area contributed by atoms with Crippen LogP contribution in [0.1, 0.15) is 29.6 Å². The second kappa shape index (κ2) is 7.75. The molecular formula is C18H24FN3O2. The van der Waals surface area contributed by atoms with Crippen molar-refractivity contribution in [2.45, 2.75) is 19.3 Å². The van der Waals surface area contributed by atoms with Crippen LogP contribution in [0.4, 0.5) is 4.39 Å². The molecule has 1 aromatic rings. The summed E-state index contributed by atoms with van der Waals surface area (Å²) < 4.78 is 13.0. The predicted octanol–water partition coefficient (Wildman–Crippen LogP) is 1.60. The summed E-state index contributed by atoms with van der Waals surface area (Å²) in [4.78, 5) is 30.5. The molecule has 2 aliphatic rings. The van der Waals surface area contributed by atoms with Crippen molar-refractivity contribution < 1.29 is 14.0 Å². The van der Waals surface area contributed by atoms with Gasteiger partial charge in [-0.3, -0.25) is 14.5 Å². The summed E-state index contributed by atoms with van der Waals surface area (Å²) in [6, 6.07) is 5.65. The van der Waals surface area contributed by atoms with Crippen LogP contribution in [-0.2, 0) is 4.79 Å². The topological polar surface area (TPSA) is 43.9 Å². The Morgan fingerprint density at radius 1 is 0.833 bits per heavy atom. The Balaban J connectivity index is 1.47. The normalized spacial score (nSPS) is 19.4. The minimum Gasteiger partial charge on any atom is -0.342 e. The zero-order chi connectivity index (χ0) is 16.9. The van der Waals surface area contributed by atoms with Gasteiger partial charge in [-0.1, -0.05) is 0 Å². The van der Waals surface area contributed by atoms with Crippen LogP contribution in [0, 0.1) is 5.82 Å². The lowest BCUT2D eigenvalue weighted by Gasteiger charge is -2.36. The Labute approximate surface area is 142 Å².